The third-order valence-corrected chi connectivity index (χ3v) is 2.91. The van der Waals surface area contributed by atoms with E-state index in [0.717, 1.165) is 12.1 Å². The Kier molecular flexibility index (Phi) is 3.90. The molecule has 0 saturated carbocycles. The summed E-state index contributed by atoms with van der Waals surface area (Å²) in [6.45, 7) is 0. The number of nitrogens with one attached hydrogen (secondary N) is 1. The van der Waals surface area contributed by atoms with Crippen LogP contribution in [0.1, 0.15) is 0 Å². The molecule has 0 aliphatic heterocycles. The fourth-order valence-corrected chi connectivity index (χ4v) is 1.87. The molecular formula is C12H8ClN3O5. The first kappa shape index (κ1) is 14.5. The van der Waals surface area contributed by atoms with Crippen molar-refractivity contribution < 1.29 is 15.0 Å². The van der Waals surface area contributed by atoms with Crippen LogP contribution in [0.3, 0.4) is 0 Å². The van der Waals surface area contributed by atoms with Crippen LogP contribution in [0, 0.1) is 20.2 Å². The van der Waals surface area contributed by atoms with Crippen molar-refractivity contribution in [2.75, 3.05) is 5.32 Å². The van der Waals surface area contributed by atoms with E-state index < -0.39 is 21.2 Å². The van der Waals surface area contributed by atoms with Gasteiger partial charge in [0.1, 0.15) is 16.5 Å². The van der Waals surface area contributed by atoms with Crippen LogP contribution >= 0.6 is 11.6 Å². The first-order chi connectivity index (χ1) is 9.88. The molecule has 0 unspecified atom stereocenters. The number of nitro groups is 2. The molecule has 2 N–H and O–H groups in total. The Morgan fingerprint density at radius 3 is 2.10 bits per heavy atom. The normalized spacial score (nSPS) is 10.1. The van der Waals surface area contributed by atoms with E-state index in [0.29, 0.717) is 5.69 Å². The number of hydrogen-bond donors (Lipinski definition) is 2. The molecular weight excluding hydrogens is 302 g/mol. The third-order valence-electron chi connectivity index (χ3n) is 2.60. The third kappa shape index (κ3) is 3.18. The van der Waals surface area contributed by atoms with Crippen molar-refractivity contribution in [1.82, 2.24) is 0 Å². The lowest BCUT2D eigenvalue weighted by Gasteiger charge is -2.08. The summed E-state index contributed by atoms with van der Waals surface area (Å²) in [5.74, 6) is 0.0387. The van der Waals surface area contributed by atoms with Gasteiger partial charge in [0.15, 0.2) is 0 Å². The number of rotatable bonds is 4. The summed E-state index contributed by atoms with van der Waals surface area (Å²) in [4.78, 5) is 20.2. The molecule has 0 fully saturated rings. The first-order valence-corrected chi connectivity index (χ1v) is 5.94. The predicted octanol–water partition coefficient (Wildman–Crippen LogP) is 3.61. The molecule has 0 saturated heterocycles. The predicted molar refractivity (Wildman–Crippen MR) is 76.2 cm³/mol. The van der Waals surface area contributed by atoms with E-state index in [4.69, 9.17) is 11.6 Å². The fourth-order valence-electron chi connectivity index (χ4n) is 1.64. The molecule has 0 aliphatic carbocycles. The van der Waals surface area contributed by atoms with Crippen LogP contribution in [0.15, 0.2) is 36.4 Å². The van der Waals surface area contributed by atoms with Gasteiger partial charge in [-0.15, -0.1) is 0 Å². The number of halogens is 1. The van der Waals surface area contributed by atoms with Crippen molar-refractivity contribution in [2.24, 2.45) is 0 Å². The van der Waals surface area contributed by atoms with E-state index >= 15 is 0 Å². The van der Waals surface area contributed by atoms with Gasteiger partial charge in [-0.25, -0.2) is 0 Å². The molecule has 0 spiro atoms. The van der Waals surface area contributed by atoms with Crippen LogP contribution < -0.4 is 5.32 Å². The maximum Gasteiger partial charge on any atom is 0.299 e. The van der Waals surface area contributed by atoms with E-state index in [1.54, 1.807) is 0 Å². The number of nitrogens with zero attached hydrogens (tertiary/aromatic N) is 2. The van der Waals surface area contributed by atoms with Gasteiger partial charge in [-0.05, 0) is 30.3 Å². The average molecular weight is 310 g/mol. The summed E-state index contributed by atoms with van der Waals surface area (Å²) in [6.07, 6.45) is 0. The molecule has 0 bridgehead atoms. The number of anilines is 2. The second-order valence-electron chi connectivity index (χ2n) is 4.01. The zero-order chi connectivity index (χ0) is 15.6. The summed E-state index contributed by atoms with van der Waals surface area (Å²) in [7, 11) is 0. The second-order valence-corrected chi connectivity index (χ2v) is 4.41. The summed E-state index contributed by atoms with van der Waals surface area (Å²) in [6, 6.07) is 7.68. The Morgan fingerprint density at radius 1 is 1.00 bits per heavy atom. The molecule has 108 valence electrons. The number of aromatic hydroxyl groups is 1. The van der Waals surface area contributed by atoms with Gasteiger partial charge in [0, 0.05) is 5.69 Å². The molecule has 2 aromatic rings. The summed E-state index contributed by atoms with van der Waals surface area (Å²) >= 11 is 5.75. The van der Waals surface area contributed by atoms with Gasteiger partial charge in [0.25, 0.3) is 11.4 Å². The Hall–Kier alpha value is -2.87. The molecule has 2 aromatic carbocycles. The second kappa shape index (κ2) is 5.63. The fraction of sp³-hybridized carbons (Fsp3) is 0. The zero-order valence-electron chi connectivity index (χ0n) is 10.3. The quantitative estimate of drug-likeness (QED) is 0.506. The van der Waals surface area contributed by atoms with Crippen molar-refractivity contribution in [3.63, 3.8) is 0 Å². The van der Waals surface area contributed by atoms with Gasteiger partial charge in [0.05, 0.1) is 15.9 Å². The highest BCUT2D eigenvalue weighted by Gasteiger charge is 2.23. The molecule has 9 heteroatoms. The summed E-state index contributed by atoms with van der Waals surface area (Å²) < 4.78 is 0. The summed E-state index contributed by atoms with van der Waals surface area (Å²) in [5, 5.41) is 33.5. The Labute approximate surface area is 122 Å². The van der Waals surface area contributed by atoms with Crippen molar-refractivity contribution in [3.05, 3.63) is 61.6 Å². The molecule has 0 aromatic heterocycles. The molecule has 0 aliphatic rings. The standard InChI is InChI=1S/C12H8ClN3O5/c13-9-5-10(14-7-1-3-8(17)4-2-7)12(16(20)21)6-11(9)15(18)19/h1-6,14,17H. The van der Waals surface area contributed by atoms with Crippen molar-refractivity contribution >= 4 is 34.4 Å². The summed E-state index contributed by atoms with van der Waals surface area (Å²) in [5.41, 5.74) is -0.541. The van der Waals surface area contributed by atoms with Gasteiger partial charge in [-0.3, -0.25) is 20.2 Å². The topological polar surface area (TPSA) is 119 Å². The highest BCUT2D eigenvalue weighted by atomic mass is 35.5. The number of nitro benzene ring substituents is 2. The number of phenolic OH excluding ortho intramolecular Hbond substituents is 1. The van der Waals surface area contributed by atoms with Crippen LogP contribution in [0.4, 0.5) is 22.7 Å². The van der Waals surface area contributed by atoms with E-state index in [-0.39, 0.29) is 16.5 Å². The Balaban J connectivity index is 2.47. The Morgan fingerprint density at radius 2 is 1.57 bits per heavy atom. The van der Waals surface area contributed by atoms with Crippen LogP contribution in [-0.2, 0) is 0 Å². The maximum absolute atomic E-state index is 11.0. The van der Waals surface area contributed by atoms with E-state index in [1.807, 2.05) is 0 Å². The van der Waals surface area contributed by atoms with Crippen LogP contribution in [0.2, 0.25) is 5.02 Å². The van der Waals surface area contributed by atoms with Gasteiger partial charge >= 0.3 is 0 Å². The number of benzene rings is 2. The molecule has 21 heavy (non-hydrogen) atoms. The molecule has 0 amide bonds. The largest absolute Gasteiger partial charge is 0.508 e. The molecule has 2 rings (SSSR count). The monoisotopic (exact) mass is 309 g/mol. The highest BCUT2D eigenvalue weighted by molar-refractivity contribution is 6.33. The minimum absolute atomic E-state index is 0.0151. The van der Waals surface area contributed by atoms with Crippen LogP contribution in [0.25, 0.3) is 0 Å². The van der Waals surface area contributed by atoms with Crippen molar-refractivity contribution in [2.45, 2.75) is 0 Å². The van der Waals surface area contributed by atoms with Crippen molar-refractivity contribution in [3.8, 4) is 5.75 Å². The lowest BCUT2D eigenvalue weighted by Crippen LogP contribution is -1.99. The number of hydrogen-bond acceptors (Lipinski definition) is 6. The Bertz CT molecular complexity index is 718. The minimum atomic E-state index is -0.792. The molecule has 0 radical (unpaired) electrons. The van der Waals surface area contributed by atoms with Crippen LogP contribution in [-0.4, -0.2) is 15.0 Å². The highest BCUT2D eigenvalue weighted by Crippen LogP contribution is 2.37. The van der Waals surface area contributed by atoms with Crippen LogP contribution in [0.5, 0.6) is 5.75 Å². The van der Waals surface area contributed by atoms with Gasteiger partial charge in [-0.2, -0.15) is 0 Å². The lowest BCUT2D eigenvalue weighted by molar-refractivity contribution is -0.393. The van der Waals surface area contributed by atoms with E-state index in [9.17, 15) is 25.3 Å². The van der Waals surface area contributed by atoms with E-state index in [1.165, 1.54) is 24.3 Å². The van der Waals surface area contributed by atoms with E-state index in [2.05, 4.69) is 5.32 Å². The zero-order valence-corrected chi connectivity index (χ0v) is 11.1. The smallest absolute Gasteiger partial charge is 0.299 e. The van der Waals surface area contributed by atoms with Gasteiger partial charge in [-0.1, -0.05) is 11.6 Å². The van der Waals surface area contributed by atoms with Crippen molar-refractivity contribution in [1.29, 1.82) is 0 Å². The first-order valence-electron chi connectivity index (χ1n) is 5.57. The molecule has 0 atom stereocenters. The number of phenols is 1. The lowest BCUT2D eigenvalue weighted by atomic mass is 10.2. The average Bonchev–Trinajstić information content (AvgIpc) is 2.40. The minimum Gasteiger partial charge on any atom is -0.508 e. The SMILES string of the molecule is O=[N+]([O-])c1cc([N+](=O)[O-])c(Nc2ccc(O)cc2)cc1Cl. The molecule has 8 nitrogen and oxygen atoms in total. The molecule has 0 heterocycles. The maximum atomic E-state index is 11.0. The van der Waals surface area contributed by atoms with Gasteiger partial charge < -0.3 is 10.4 Å². The van der Waals surface area contributed by atoms with Gasteiger partial charge in [0.2, 0.25) is 0 Å².